The predicted molar refractivity (Wildman–Crippen MR) is 101 cm³/mol. The average Bonchev–Trinajstić information content (AvgIpc) is 2.56. The van der Waals surface area contributed by atoms with Gasteiger partial charge in [-0.15, -0.1) is 0 Å². The van der Waals surface area contributed by atoms with Gasteiger partial charge in [-0.25, -0.2) is 0 Å². The first-order chi connectivity index (χ1) is 11.8. The summed E-state index contributed by atoms with van der Waals surface area (Å²) < 4.78 is 0. The van der Waals surface area contributed by atoms with Crippen LogP contribution in [-0.4, -0.2) is 23.9 Å². The van der Waals surface area contributed by atoms with Gasteiger partial charge >= 0.3 is 0 Å². The van der Waals surface area contributed by atoms with Crippen molar-refractivity contribution in [2.75, 3.05) is 0 Å². The fourth-order valence-electron chi connectivity index (χ4n) is 3.64. The molecule has 1 saturated carbocycles. The Bertz CT molecular complexity index is 612. The van der Waals surface area contributed by atoms with Crippen LogP contribution < -0.4 is 10.6 Å². The molecule has 0 aliphatic heterocycles. The van der Waals surface area contributed by atoms with E-state index in [0.717, 1.165) is 18.4 Å². The number of benzene rings is 1. The molecular formula is C21H32N2O2. The maximum absolute atomic E-state index is 12.8. The van der Waals surface area contributed by atoms with E-state index in [9.17, 15) is 9.59 Å². The van der Waals surface area contributed by atoms with Gasteiger partial charge in [-0.2, -0.15) is 0 Å². The van der Waals surface area contributed by atoms with Gasteiger partial charge in [0.25, 0.3) is 5.91 Å². The zero-order valence-electron chi connectivity index (χ0n) is 16.1. The van der Waals surface area contributed by atoms with Gasteiger partial charge in [0.15, 0.2) is 0 Å². The van der Waals surface area contributed by atoms with Crippen LogP contribution in [-0.2, 0) is 4.79 Å². The standard InChI is InChI=1S/C21H32N2O2/c1-13(2)19(23-20(24)17-11-7-6-9-15(17)4)21(25)22-18-12-8-10-14(3)16(18)5/h6-7,9,11,13-14,16,18-19H,8,10,12H2,1-5H3,(H,22,25)(H,23,24). The maximum Gasteiger partial charge on any atom is 0.252 e. The third kappa shape index (κ3) is 4.83. The molecule has 138 valence electrons. The molecular weight excluding hydrogens is 312 g/mol. The molecule has 0 radical (unpaired) electrons. The highest BCUT2D eigenvalue weighted by Gasteiger charge is 2.32. The molecule has 4 nitrogen and oxygen atoms in total. The zero-order chi connectivity index (χ0) is 18.6. The van der Waals surface area contributed by atoms with Gasteiger partial charge in [-0.1, -0.05) is 58.7 Å². The van der Waals surface area contributed by atoms with Crippen LogP contribution in [0, 0.1) is 24.7 Å². The number of aryl methyl sites for hydroxylation is 1. The van der Waals surface area contributed by atoms with E-state index in [1.54, 1.807) is 6.07 Å². The number of nitrogens with one attached hydrogen (secondary N) is 2. The van der Waals surface area contributed by atoms with E-state index in [1.807, 2.05) is 39.0 Å². The Balaban J connectivity index is 2.06. The largest absolute Gasteiger partial charge is 0.351 e. The molecule has 4 heteroatoms. The second kappa shape index (κ2) is 8.50. The molecule has 4 unspecified atom stereocenters. The van der Waals surface area contributed by atoms with Gasteiger partial charge in [0.2, 0.25) is 5.91 Å². The molecule has 2 amide bonds. The van der Waals surface area contributed by atoms with E-state index in [-0.39, 0.29) is 23.8 Å². The van der Waals surface area contributed by atoms with Crippen LogP contribution in [0.5, 0.6) is 0 Å². The monoisotopic (exact) mass is 344 g/mol. The topological polar surface area (TPSA) is 58.2 Å². The van der Waals surface area contributed by atoms with E-state index in [0.29, 0.717) is 17.4 Å². The molecule has 1 aliphatic rings. The minimum atomic E-state index is -0.517. The first-order valence-corrected chi connectivity index (χ1v) is 9.48. The Labute approximate surface area is 151 Å². The minimum absolute atomic E-state index is 0.0317. The molecule has 1 fully saturated rings. The number of hydrogen-bond donors (Lipinski definition) is 2. The summed E-state index contributed by atoms with van der Waals surface area (Å²) >= 11 is 0. The Morgan fingerprint density at radius 2 is 1.80 bits per heavy atom. The van der Waals surface area contributed by atoms with Crippen LogP contribution in [0.1, 0.15) is 62.9 Å². The molecule has 0 spiro atoms. The molecule has 2 N–H and O–H groups in total. The van der Waals surface area contributed by atoms with Gasteiger partial charge in [0.05, 0.1) is 0 Å². The predicted octanol–water partition coefficient (Wildman–Crippen LogP) is 3.69. The molecule has 0 bridgehead atoms. The number of carbonyl (C=O) groups excluding carboxylic acids is 2. The molecule has 1 aromatic rings. The molecule has 25 heavy (non-hydrogen) atoms. The van der Waals surface area contributed by atoms with Gasteiger partial charge in [-0.05, 0) is 42.7 Å². The lowest BCUT2D eigenvalue weighted by atomic mass is 9.78. The van der Waals surface area contributed by atoms with E-state index in [1.165, 1.54) is 6.42 Å². The van der Waals surface area contributed by atoms with Crippen molar-refractivity contribution in [3.8, 4) is 0 Å². The second-order valence-electron chi connectivity index (χ2n) is 7.89. The Morgan fingerprint density at radius 1 is 1.12 bits per heavy atom. The molecule has 0 saturated heterocycles. The average molecular weight is 344 g/mol. The van der Waals surface area contributed by atoms with E-state index in [4.69, 9.17) is 0 Å². The minimum Gasteiger partial charge on any atom is -0.351 e. The molecule has 2 rings (SSSR count). The second-order valence-corrected chi connectivity index (χ2v) is 7.89. The summed E-state index contributed by atoms with van der Waals surface area (Å²) in [4.78, 5) is 25.4. The van der Waals surface area contributed by atoms with Crippen molar-refractivity contribution in [1.82, 2.24) is 10.6 Å². The first kappa shape index (κ1) is 19.5. The summed E-state index contributed by atoms with van der Waals surface area (Å²) in [6.45, 7) is 10.3. The number of carbonyl (C=O) groups is 2. The van der Waals surface area contributed by atoms with Crippen LogP contribution in [0.4, 0.5) is 0 Å². The highest BCUT2D eigenvalue weighted by molar-refractivity contribution is 5.98. The van der Waals surface area contributed by atoms with Gasteiger partial charge in [-0.3, -0.25) is 9.59 Å². The quantitative estimate of drug-likeness (QED) is 0.856. The van der Waals surface area contributed by atoms with Crippen LogP contribution in [0.2, 0.25) is 0 Å². The van der Waals surface area contributed by atoms with Crippen molar-refractivity contribution in [3.05, 3.63) is 35.4 Å². The highest BCUT2D eigenvalue weighted by Crippen LogP contribution is 2.29. The van der Waals surface area contributed by atoms with Gasteiger partial charge in [0.1, 0.15) is 6.04 Å². The number of rotatable bonds is 5. The van der Waals surface area contributed by atoms with Crippen molar-refractivity contribution >= 4 is 11.8 Å². The van der Waals surface area contributed by atoms with Crippen molar-refractivity contribution in [2.24, 2.45) is 17.8 Å². The summed E-state index contributed by atoms with van der Waals surface area (Å²) in [5.74, 6) is 0.875. The van der Waals surface area contributed by atoms with Crippen molar-refractivity contribution in [3.63, 3.8) is 0 Å². The summed E-state index contributed by atoms with van der Waals surface area (Å²) in [5, 5.41) is 6.14. The Morgan fingerprint density at radius 3 is 2.44 bits per heavy atom. The van der Waals surface area contributed by atoms with Crippen LogP contribution in [0.15, 0.2) is 24.3 Å². The van der Waals surface area contributed by atoms with Gasteiger partial charge in [0, 0.05) is 11.6 Å². The summed E-state index contributed by atoms with van der Waals surface area (Å²) in [7, 11) is 0. The molecule has 1 aliphatic carbocycles. The van der Waals surface area contributed by atoms with Crippen LogP contribution >= 0.6 is 0 Å². The Kier molecular flexibility index (Phi) is 6.63. The summed E-state index contributed by atoms with van der Waals surface area (Å²) in [5.41, 5.74) is 1.54. The van der Waals surface area contributed by atoms with Crippen molar-refractivity contribution < 1.29 is 9.59 Å². The van der Waals surface area contributed by atoms with Crippen molar-refractivity contribution in [1.29, 1.82) is 0 Å². The smallest absolute Gasteiger partial charge is 0.252 e. The van der Waals surface area contributed by atoms with E-state index < -0.39 is 6.04 Å². The molecule has 1 aromatic carbocycles. The summed E-state index contributed by atoms with van der Waals surface area (Å²) in [6, 6.07) is 7.14. The van der Waals surface area contributed by atoms with Crippen LogP contribution in [0.25, 0.3) is 0 Å². The lowest BCUT2D eigenvalue weighted by Crippen LogP contribution is -2.54. The lowest BCUT2D eigenvalue weighted by Gasteiger charge is -2.36. The SMILES string of the molecule is Cc1ccccc1C(=O)NC(C(=O)NC1CCCC(C)C1C)C(C)C. The molecule has 4 atom stereocenters. The fourth-order valence-corrected chi connectivity index (χ4v) is 3.64. The molecule has 0 aromatic heterocycles. The highest BCUT2D eigenvalue weighted by atomic mass is 16.2. The number of hydrogen-bond acceptors (Lipinski definition) is 2. The fraction of sp³-hybridized carbons (Fsp3) is 0.619. The Hall–Kier alpha value is -1.84. The lowest BCUT2D eigenvalue weighted by molar-refractivity contribution is -0.125. The summed E-state index contributed by atoms with van der Waals surface area (Å²) in [6.07, 6.45) is 3.40. The van der Waals surface area contributed by atoms with Crippen LogP contribution in [0.3, 0.4) is 0 Å². The van der Waals surface area contributed by atoms with Gasteiger partial charge < -0.3 is 10.6 Å². The molecule has 0 heterocycles. The van der Waals surface area contributed by atoms with E-state index >= 15 is 0 Å². The third-order valence-corrected chi connectivity index (χ3v) is 5.66. The zero-order valence-corrected chi connectivity index (χ0v) is 16.1. The van der Waals surface area contributed by atoms with E-state index in [2.05, 4.69) is 24.5 Å². The first-order valence-electron chi connectivity index (χ1n) is 9.48. The van der Waals surface area contributed by atoms with Crippen molar-refractivity contribution in [2.45, 2.75) is 66.0 Å². The third-order valence-electron chi connectivity index (χ3n) is 5.66. The normalized spacial score (nSPS) is 24.6. The maximum atomic E-state index is 12.8. The number of amides is 2.